The molecule has 0 aliphatic rings. The zero-order chi connectivity index (χ0) is 15.9. The zero-order valence-corrected chi connectivity index (χ0v) is 14.2. The maximum Gasteiger partial charge on any atom is 0.203 e. The van der Waals surface area contributed by atoms with Crippen molar-refractivity contribution in [3.05, 3.63) is 52.8 Å². The highest BCUT2D eigenvalue weighted by atomic mass is 35.5. The lowest BCUT2D eigenvalue weighted by atomic mass is 10.1. The van der Waals surface area contributed by atoms with E-state index in [4.69, 9.17) is 23.2 Å². The molecule has 0 unspecified atom stereocenters. The van der Waals surface area contributed by atoms with Crippen LogP contribution < -0.4 is 4.90 Å². The molecule has 5 heteroatoms. The molecule has 0 N–H and O–H groups in total. The maximum atomic E-state index is 6.19. The largest absolute Gasteiger partial charge is 0.337 e. The SMILES string of the molecule is CC(C)N(c1ccc(Cl)cc1)c1cccc2nc(Cl)n(C)c12. The summed E-state index contributed by atoms with van der Waals surface area (Å²) in [5.41, 5.74) is 4.08. The second kappa shape index (κ2) is 5.82. The van der Waals surface area contributed by atoms with Gasteiger partial charge in [-0.25, -0.2) is 4.98 Å². The van der Waals surface area contributed by atoms with E-state index in [9.17, 15) is 0 Å². The van der Waals surface area contributed by atoms with Crippen LogP contribution >= 0.6 is 23.2 Å². The molecule has 1 aromatic heterocycles. The Morgan fingerprint density at radius 1 is 1.05 bits per heavy atom. The molecule has 1 heterocycles. The Balaban J connectivity index is 2.23. The highest BCUT2D eigenvalue weighted by Gasteiger charge is 2.19. The number of para-hydroxylation sites is 1. The van der Waals surface area contributed by atoms with Gasteiger partial charge in [0.05, 0.1) is 16.7 Å². The standard InChI is InChI=1S/C17H17Cl2N3/c1-11(2)22(13-9-7-12(18)8-10-13)15-6-4-5-14-16(15)21(3)17(19)20-14/h4-11H,1-3H3. The molecular weight excluding hydrogens is 317 g/mol. The van der Waals surface area contributed by atoms with Crippen LogP contribution in [-0.2, 0) is 7.05 Å². The minimum absolute atomic E-state index is 0.278. The van der Waals surface area contributed by atoms with E-state index in [-0.39, 0.29) is 6.04 Å². The third-order valence-corrected chi connectivity index (χ3v) is 4.29. The van der Waals surface area contributed by atoms with E-state index in [1.807, 2.05) is 48.0 Å². The van der Waals surface area contributed by atoms with E-state index < -0.39 is 0 Å². The highest BCUT2D eigenvalue weighted by molar-refractivity contribution is 6.30. The third kappa shape index (κ3) is 2.55. The number of imidazole rings is 1. The normalized spacial score (nSPS) is 11.4. The van der Waals surface area contributed by atoms with Crippen LogP contribution in [0.1, 0.15) is 13.8 Å². The van der Waals surface area contributed by atoms with Crippen LogP contribution in [0.4, 0.5) is 11.4 Å². The molecule has 22 heavy (non-hydrogen) atoms. The molecular formula is C17H17Cl2N3. The van der Waals surface area contributed by atoms with Crippen LogP contribution in [0.15, 0.2) is 42.5 Å². The second-order valence-corrected chi connectivity index (χ2v) is 6.30. The quantitative estimate of drug-likeness (QED) is 0.637. The van der Waals surface area contributed by atoms with Crippen LogP contribution in [0.2, 0.25) is 10.3 Å². The lowest BCUT2D eigenvalue weighted by Gasteiger charge is -2.30. The maximum absolute atomic E-state index is 6.19. The number of hydrogen-bond acceptors (Lipinski definition) is 2. The minimum atomic E-state index is 0.278. The summed E-state index contributed by atoms with van der Waals surface area (Å²) in [6.07, 6.45) is 0. The molecule has 3 rings (SSSR count). The van der Waals surface area contributed by atoms with Gasteiger partial charge >= 0.3 is 0 Å². The zero-order valence-electron chi connectivity index (χ0n) is 12.7. The molecule has 2 aromatic carbocycles. The summed E-state index contributed by atoms with van der Waals surface area (Å²) in [5.74, 6) is 0. The first kappa shape index (κ1) is 15.2. The molecule has 3 aromatic rings. The van der Waals surface area contributed by atoms with Crippen molar-refractivity contribution in [3.63, 3.8) is 0 Å². The van der Waals surface area contributed by atoms with Crippen LogP contribution in [0.5, 0.6) is 0 Å². The van der Waals surface area contributed by atoms with Gasteiger partial charge in [0, 0.05) is 23.8 Å². The number of aryl methyl sites for hydroxylation is 1. The Labute approximate surface area is 140 Å². The van der Waals surface area contributed by atoms with Crippen molar-refractivity contribution in [1.82, 2.24) is 9.55 Å². The van der Waals surface area contributed by atoms with Crippen molar-refractivity contribution in [3.8, 4) is 0 Å². The van der Waals surface area contributed by atoms with Gasteiger partial charge in [0.2, 0.25) is 5.28 Å². The number of rotatable bonds is 3. The molecule has 0 saturated carbocycles. The lowest BCUT2D eigenvalue weighted by molar-refractivity contribution is 0.788. The second-order valence-electron chi connectivity index (χ2n) is 5.52. The molecule has 0 aliphatic heterocycles. The van der Waals surface area contributed by atoms with E-state index in [1.165, 1.54) is 0 Å². The summed E-state index contributed by atoms with van der Waals surface area (Å²) in [6.45, 7) is 4.32. The first-order valence-corrected chi connectivity index (χ1v) is 7.90. The highest BCUT2D eigenvalue weighted by Crippen LogP contribution is 2.35. The topological polar surface area (TPSA) is 21.1 Å². The van der Waals surface area contributed by atoms with Gasteiger partial charge in [0.15, 0.2) is 0 Å². The predicted octanol–water partition coefficient (Wildman–Crippen LogP) is 5.43. The van der Waals surface area contributed by atoms with Crippen molar-refractivity contribution in [2.75, 3.05) is 4.90 Å². The average Bonchev–Trinajstić information content (AvgIpc) is 2.77. The molecule has 0 spiro atoms. The Hall–Kier alpha value is -1.71. The van der Waals surface area contributed by atoms with E-state index in [0.717, 1.165) is 27.4 Å². The molecule has 114 valence electrons. The fourth-order valence-corrected chi connectivity index (χ4v) is 3.03. The number of fused-ring (bicyclic) bond motifs is 1. The van der Waals surface area contributed by atoms with Gasteiger partial charge in [0.25, 0.3) is 0 Å². The van der Waals surface area contributed by atoms with Crippen molar-refractivity contribution in [1.29, 1.82) is 0 Å². The number of halogens is 2. The molecule has 0 amide bonds. The number of nitrogens with zero attached hydrogens (tertiary/aromatic N) is 3. The molecule has 3 nitrogen and oxygen atoms in total. The molecule has 0 radical (unpaired) electrons. The molecule has 0 saturated heterocycles. The van der Waals surface area contributed by atoms with E-state index in [1.54, 1.807) is 0 Å². The summed E-state index contributed by atoms with van der Waals surface area (Å²) in [6, 6.07) is 14.2. The van der Waals surface area contributed by atoms with Gasteiger partial charge in [-0.1, -0.05) is 17.7 Å². The summed E-state index contributed by atoms with van der Waals surface area (Å²) >= 11 is 12.2. The minimum Gasteiger partial charge on any atom is -0.337 e. The summed E-state index contributed by atoms with van der Waals surface area (Å²) in [5, 5.41) is 1.22. The molecule has 0 aliphatic carbocycles. The van der Waals surface area contributed by atoms with Gasteiger partial charge in [-0.15, -0.1) is 0 Å². The summed E-state index contributed by atoms with van der Waals surface area (Å²) in [4.78, 5) is 6.66. The van der Waals surface area contributed by atoms with Crippen LogP contribution in [-0.4, -0.2) is 15.6 Å². The van der Waals surface area contributed by atoms with Crippen molar-refractivity contribution < 1.29 is 0 Å². The number of anilines is 2. The first-order valence-electron chi connectivity index (χ1n) is 7.15. The smallest absolute Gasteiger partial charge is 0.203 e. The van der Waals surface area contributed by atoms with Crippen LogP contribution in [0.25, 0.3) is 11.0 Å². The van der Waals surface area contributed by atoms with E-state index in [0.29, 0.717) is 5.28 Å². The van der Waals surface area contributed by atoms with Gasteiger partial charge in [-0.2, -0.15) is 0 Å². The first-order chi connectivity index (χ1) is 10.5. The van der Waals surface area contributed by atoms with Crippen molar-refractivity contribution in [2.45, 2.75) is 19.9 Å². The Morgan fingerprint density at radius 3 is 2.36 bits per heavy atom. The number of aromatic nitrogens is 2. The summed E-state index contributed by atoms with van der Waals surface area (Å²) < 4.78 is 1.91. The van der Waals surface area contributed by atoms with Crippen molar-refractivity contribution in [2.24, 2.45) is 7.05 Å². The fourth-order valence-electron chi connectivity index (χ4n) is 2.73. The van der Waals surface area contributed by atoms with Gasteiger partial charge in [-0.05, 0) is 61.8 Å². The Bertz CT molecular complexity index is 807. The molecule has 0 bridgehead atoms. The average molecular weight is 334 g/mol. The molecule has 0 atom stereocenters. The van der Waals surface area contributed by atoms with Gasteiger partial charge in [-0.3, -0.25) is 0 Å². The monoisotopic (exact) mass is 333 g/mol. The number of benzene rings is 2. The fraction of sp³-hybridized carbons (Fsp3) is 0.235. The Morgan fingerprint density at radius 2 is 1.73 bits per heavy atom. The molecule has 0 fully saturated rings. The van der Waals surface area contributed by atoms with Crippen molar-refractivity contribution >= 4 is 45.6 Å². The van der Waals surface area contributed by atoms with Gasteiger partial charge in [0.1, 0.15) is 0 Å². The summed E-state index contributed by atoms with van der Waals surface area (Å²) in [7, 11) is 1.93. The van der Waals surface area contributed by atoms with E-state index >= 15 is 0 Å². The van der Waals surface area contributed by atoms with Crippen LogP contribution in [0.3, 0.4) is 0 Å². The number of hydrogen-bond donors (Lipinski definition) is 0. The predicted molar refractivity (Wildman–Crippen MR) is 94.5 cm³/mol. The van der Waals surface area contributed by atoms with Gasteiger partial charge < -0.3 is 9.47 Å². The van der Waals surface area contributed by atoms with E-state index in [2.05, 4.69) is 29.8 Å². The van der Waals surface area contributed by atoms with Crippen LogP contribution in [0, 0.1) is 0 Å². The Kier molecular flexibility index (Phi) is 4.02. The third-order valence-electron chi connectivity index (χ3n) is 3.70. The lowest BCUT2D eigenvalue weighted by Crippen LogP contribution is -2.25.